The molecule has 13 aromatic rings. The maximum atomic E-state index is 5.45. The zero-order valence-electron chi connectivity index (χ0n) is 34.1. The first-order valence-electron chi connectivity index (χ1n) is 21.4. The van der Waals surface area contributed by atoms with Gasteiger partial charge in [0, 0.05) is 49.0 Å². The highest BCUT2D eigenvalue weighted by Crippen LogP contribution is 2.44. The molecule has 0 spiro atoms. The Kier molecular flexibility index (Phi) is 7.84. The second-order valence-electron chi connectivity index (χ2n) is 16.2. The molecule has 0 amide bonds. The van der Waals surface area contributed by atoms with Gasteiger partial charge in [-0.2, -0.15) is 0 Å². The summed E-state index contributed by atoms with van der Waals surface area (Å²) >= 11 is 0. The highest BCUT2D eigenvalue weighted by molar-refractivity contribution is 6.14. The summed E-state index contributed by atoms with van der Waals surface area (Å²) in [6, 6.07) is 80.3. The largest absolute Gasteiger partial charge is 0.307 e. The third kappa shape index (κ3) is 5.43. The predicted molar refractivity (Wildman–Crippen MR) is 261 cm³/mol. The zero-order valence-corrected chi connectivity index (χ0v) is 34.1. The van der Waals surface area contributed by atoms with Gasteiger partial charge in [-0.1, -0.05) is 170 Å². The van der Waals surface area contributed by atoms with Crippen molar-refractivity contribution in [3.63, 3.8) is 0 Å². The molecule has 4 aromatic heterocycles. The van der Waals surface area contributed by atoms with Gasteiger partial charge in [0.15, 0.2) is 5.82 Å². The van der Waals surface area contributed by atoms with E-state index >= 15 is 0 Å². The van der Waals surface area contributed by atoms with Crippen molar-refractivity contribution in [3.8, 4) is 51.0 Å². The van der Waals surface area contributed by atoms with Crippen molar-refractivity contribution in [2.45, 2.75) is 0 Å². The van der Waals surface area contributed by atoms with E-state index in [9.17, 15) is 0 Å². The Morgan fingerprint density at radius 3 is 0.873 bits per heavy atom. The highest BCUT2D eigenvalue weighted by atomic mass is 15.1. The maximum Gasteiger partial charge on any atom is 0.160 e. The smallest absolute Gasteiger partial charge is 0.160 e. The third-order valence-corrected chi connectivity index (χ3v) is 12.6. The van der Waals surface area contributed by atoms with Crippen LogP contribution < -0.4 is 0 Å². The minimum Gasteiger partial charge on any atom is -0.307 e. The molecule has 0 aliphatic rings. The minimum absolute atomic E-state index is 0.646. The number of benzene rings is 9. The molecule has 0 radical (unpaired) electrons. The van der Waals surface area contributed by atoms with Crippen LogP contribution in [0.3, 0.4) is 0 Å². The zero-order chi connectivity index (χ0) is 41.4. The van der Waals surface area contributed by atoms with E-state index in [1.54, 1.807) is 0 Å². The molecule has 5 nitrogen and oxygen atoms in total. The van der Waals surface area contributed by atoms with Gasteiger partial charge in [0.05, 0.1) is 61.6 Å². The first-order valence-corrected chi connectivity index (χ1v) is 21.4. The van der Waals surface area contributed by atoms with Crippen LogP contribution in [0.25, 0.3) is 116 Å². The fourth-order valence-electron chi connectivity index (χ4n) is 9.92. The molecule has 0 N–H and O–H groups in total. The van der Waals surface area contributed by atoms with Crippen LogP contribution in [0.5, 0.6) is 0 Å². The molecule has 9 aromatic carbocycles. The molecule has 4 heterocycles. The molecular formula is C58H37N5. The van der Waals surface area contributed by atoms with E-state index in [2.05, 4.69) is 226 Å². The van der Waals surface area contributed by atoms with E-state index in [0.717, 1.165) is 78.2 Å². The summed E-state index contributed by atoms with van der Waals surface area (Å²) in [5, 5.41) is 7.17. The van der Waals surface area contributed by atoms with Gasteiger partial charge in [0.25, 0.3) is 0 Å². The van der Waals surface area contributed by atoms with Gasteiger partial charge in [-0.3, -0.25) is 0 Å². The summed E-state index contributed by atoms with van der Waals surface area (Å²) in [6.45, 7) is 0. The summed E-state index contributed by atoms with van der Waals surface area (Å²) in [7, 11) is 0. The van der Waals surface area contributed by atoms with Gasteiger partial charge in [-0.05, 0) is 54.6 Å². The Bertz CT molecular complexity index is 3560. The standard InChI is InChI=1S/C58H37N5/c1-3-19-38(20-4-1)47-37-48(39-21-5-2-6-22-39)60-58(59-47)40-35-55(61-49-29-13-7-23-41(49)42-24-8-14-30-50(42)61)57(63-53-33-17-11-27-45(53)46-28-12-18-34-54(46)63)56(36-40)62-51-31-15-9-25-43(51)44-26-10-16-32-52(44)62/h1-37H. The second-order valence-corrected chi connectivity index (χ2v) is 16.2. The van der Waals surface area contributed by atoms with E-state index in [1.807, 2.05) is 12.1 Å². The molecular weight excluding hydrogens is 767 g/mol. The molecule has 0 aliphatic heterocycles. The topological polar surface area (TPSA) is 40.6 Å². The third-order valence-electron chi connectivity index (χ3n) is 12.6. The van der Waals surface area contributed by atoms with Gasteiger partial charge in [-0.15, -0.1) is 0 Å². The van der Waals surface area contributed by atoms with Crippen molar-refractivity contribution in [1.29, 1.82) is 0 Å². The number of hydrogen-bond donors (Lipinski definition) is 0. The Morgan fingerprint density at radius 2 is 0.540 bits per heavy atom. The Balaban J connectivity index is 1.26. The van der Waals surface area contributed by atoms with E-state index in [1.165, 1.54) is 32.3 Å². The van der Waals surface area contributed by atoms with Crippen LogP contribution in [-0.4, -0.2) is 23.7 Å². The van der Waals surface area contributed by atoms with Crippen molar-refractivity contribution in [2.24, 2.45) is 0 Å². The number of para-hydroxylation sites is 6. The van der Waals surface area contributed by atoms with Crippen LogP contribution in [0.4, 0.5) is 0 Å². The summed E-state index contributed by atoms with van der Waals surface area (Å²) in [6.07, 6.45) is 0. The molecule has 0 saturated heterocycles. The minimum atomic E-state index is 0.646. The molecule has 0 bridgehead atoms. The average molecular weight is 804 g/mol. The molecule has 0 fully saturated rings. The van der Waals surface area contributed by atoms with E-state index in [-0.39, 0.29) is 0 Å². The molecule has 63 heavy (non-hydrogen) atoms. The molecule has 294 valence electrons. The number of hydrogen-bond acceptors (Lipinski definition) is 2. The lowest BCUT2D eigenvalue weighted by Gasteiger charge is -2.23. The van der Waals surface area contributed by atoms with Crippen LogP contribution in [0.2, 0.25) is 0 Å². The van der Waals surface area contributed by atoms with Gasteiger partial charge in [0.1, 0.15) is 0 Å². The molecule has 13 rings (SSSR count). The first kappa shape index (κ1) is 35.2. The van der Waals surface area contributed by atoms with Crippen LogP contribution in [0.1, 0.15) is 0 Å². The lowest BCUT2D eigenvalue weighted by molar-refractivity contribution is 1.05. The van der Waals surface area contributed by atoms with Gasteiger partial charge in [-0.25, -0.2) is 9.97 Å². The van der Waals surface area contributed by atoms with Crippen LogP contribution in [0, 0.1) is 0 Å². The van der Waals surface area contributed by atoms with Gasteiger partial charge in [0.2, 0.25) is 0 Å². The van der Waals surface area contributed by atoms with E-state index < -0.39 is 0 Å². The summed E-state index contributed by atoms with van der Waals surface area (Å²) in [5.74, 6) is 0.646. The van der Waals surface area contributed by atoms with Crippen molar-refractivity contribution in [1.82, 2.24) is 23.7 Å². The second kappa shape index (κ2) is 14.0. The normalized spacial score (nSPS) is 11.8. The molecule has 5 heteroatoms. The summed E-state index contributed by atoms with van der Waals surface area (Å²) in [5.41, 5.74) is 14.5. The number of aromatic nitrogens is 5. The Morgan fingerprint density at radius 1 is 0.254 bits per heavy atom. The molecule has 0 aliphatic carbocycles. The monoisotopic (exact) mass is 803 g/mol. The quantitative estimate of drug-likeness (QED) is 0.168. The van der Waals surface area contributed by atoms with E-state index in [0.29, 0.717) is 5.82 Å². The number of rotatable bonds is 6. The van der Waals surface area contributed by atoms with Gasteiger partial charge >= 0.3 is 0 Å². The lowest BCUT2D eigenvalue weighted by atomic mass is 10.0. The predicted octanol–water partition coefficient (Wildman–Crippen LogP) is 14.8. The highest BCUT2D eigenvalue weighted by Gasteiger charge is 2.27. The van der Waals surface area contributed by atoms with Crippen LogP contribution in [0.15, 0.2) is 224 Å². The molecule has 0 unspecified atom stereocenters. The Labute approximate surface area is 363 Å². The van der Waals surface area contributed by atoms with Crippen molar-refractivity contribution < 1.29 is 0 Å². The molecule has 0 atom stereocenters. The molecule has 0 saturated carbocycles. The Hall–Kier alpha value is -8.54. The number of fused-ring (bicyclic) bond motifs is 9. The van der Waals surface area contributed by atoms with Gasteiger partial charge < -0.3 is 13.7 Å². The van der Waals surface area contributed by atoms with Crippen molar-refractivity contribution in [3.05, 3.63) is 224 Å². The van der Waals surface area contributed by atoms with Crippen LogP contribution >= 0.6 is 0 Å². The van der Waals surface area contributed by atoms with E-state index in [4.69, 9.17) is 9.97 Å². The summed E-state index contributed by atoms with van der Waals surface area (Å²) in [4.78, 5) is 10.9. The van der Waals surface area contributed by atoms with Crippen molar-refractivity contribution in [2.75, 3.05) is 0 Å². The average Bonchev–Trinajstić information content (AvgIpc) is 4.00. The first-order chi connectivity index (χ1) is 31.3. The van der Waals surface area contributed by atoms with Crippen LogP contribution in [-0.2, 0) is 0 Å². The SMILES string of the molecule is c1ccc(-c2cc(-c3ccccc3)nc(-c3cc(-n4c5ccccc5c5ccccc54)c(-n4c5ccccc5c5ccccc54)c(-n4c5ccccc5c5ccccc54)c3)n2)cc1. The van der Waals surface area contributed by atoms with Crippen molar-refractivity contribution >= 4 is 65.4 Å². The summed E-state index contributed by atoms with van der Waals surface area (Å²) < 4.78 is 7.41. The maximum absolute atomic E-state index is 5.45. The number of nitrogens with zero attached hydrogens (tertiary/aromatic N) is 5. The fourth-order valence-corrected chi connectivity index (χ4v) is 9.92. The fraction of sp³-hybridized carbons (Fsp3) is 0. The lowest BCUT2D eigenvalue weighted by Crippen LogP contribution is -2.10.